The number of benzene rings is 2. The maximum Gasteiger partial charge on any atom is 0.329 e. The van der Waals surface area contributed by atoms with Crippen molar-refractivity contribution >= 4 is 50.3 Å². The van der Waals surface area contributed by atoms with Crippen LogP contribution in [0.4, 0.5) is 5.00 Å². The molecule has 0 bridgehead atoms. The number of thiophene rings is 1. The number of rotatable bonds is 6. The Hall–Kier alpha value is -3.48. The van der Waals surface area contributed by atoms with Crippen molar-refractivity contribution in [2.24, 2.45) is 5.10 Å². The van der Waals surface area contributed by atoms with Gasteiger partial charge in [-0.2, -0.15) is 10.4 Å². The number of aryl methyl sites for hydroxylation is 1. The van der Waals surface area contributed by atoms with E-state index in [1.807, 2.05) is 36.4 Å². The predicted octanol–water partition coefficient (Wildman–Crippen LogP) is 4.93. The van der Waals surface area contributed by atoms with Crippen molar-refractivity contribution in [3.8, 4) is 11.8 Å². The largest absolute Gasteiger partial charge is 0.489 e. The third-order valence-corrected chi connectivity index (χ3v) is 6.95. The van der Waals surface area contributed by atoms with Gasteiger partial charge in [-0.3, -0.25) is 9.59 Å². The summed E-state index contributed by atoms with van der Waals surface area (Å²) >= 11 is 4.81. The van der Waals surface area contributed by atoms with Crippen molar-refractivity contribution in [1.29, 1.82) is 5.26 Å². The molecule has 0 fully saturated rings. The number of nitriles is 1. The molecule has 1 aliphatic carbocycles. The molecule has 1 heterocycles. The van der Waals surface area contributed by atoms with Crippen LogP contribution in [0.25, 0.3) is 0 Å². The van der Waals surface area contributed by atoms with E-state index in [0.717, 1.165) is 46.2 Å². The Morgan fingerprint density at radius 3 is 2.79 bits per heavy atom. The fourth-order valence-electron chi connectivity index (χ4n) is 3.63. The van der Waals surface area contributed by atoms with Gasteiger partial charge >= 0.3 is 11.8 Å². The molecule has 2 amide bonds. The molecule has 0 radical (unpaired) electrons. The number of nitrogens with zero attached hydrogens (tertiary/aromatic N) is 2. The molecule has 9 heteroatoms. The van der Waals surface area contributed by atoms with E-state index in [0.29, 0.717) is 28.5 Å². The van der Waals surface area contributed by atoms with E-state index < -0.39 is 11.8 Å². The first-order valence-electron chi connectivity index (χ1n) is 10.7. The average Bonchev–Trinajstić information content (AvgIpc) is 3.20. The SMILES string of the molecule is N#Cc1c(NC(=O)C(=O)NN=Cc2cccc(OCc3cccc(Br)c3)c2)sc2c1CCCC2. The maximum absolute atomic E-state index is 12.3. The minimum Gasteiger partial charge on any atom is -0.489 e. The molecule has 4 rings (SSSR count). The number of carbonyl (C=O) groups excluding carboxylic acids is 2. The van der Waals surface area contributed by atoms with Crippen molar-refractivity contribution < 1.29 is 14.3 Å². The monoisotopic (exact) mass is 536 g/mol. The molecule has 34 heavy (non-hydrogen) atoms. The summed E-state index contributed by atoms with van der Waals surface area (Å²) in [4.78, 5) is 25.6. The summed E-state index contributed by atoms with van der Waals surface area (Å²) in [6, 6.07) is 17.2. The highest BCUT2D eigenvalue weighted by Crippen LogP contribution is 2.37. The van der Waals surface area contributed by atoms with Gasteiger partial charge < -0.3 is 10.1 Å². The Balaban J connectivity index is 1.32. The highest BCUT2D eigenvalue weighted by atomic mass is 79.9. The van der Waals surface area contributed by atoms with Crippen molar-refractivity contribution in [1.82, 2.24) is 5.43 Å². The van der Waals surface area contributed by atoms with Crippen molar-refractivity contribution in [2.45, 2.75) is 32.3 Å². The van der Waals surface area contributed by atoms with Gasteiger partial charge in [0.05, 0.1) is 11.8 Å². The molecule has 172 valence electrons. The van der Waals surface area contributed by atoms with Crippen molar-refractivity contribution in [3.63, 3.8) is 0 Å². The van der Waals surface area contributed by atoms with Gasteiger partial charge in [-0.05, 0) is 66.6 Å². The quantitative estimate of drug-likeness (QED) is 0.264. The summed E-state index contributed by atoms with van der Waals surface area (Å²) in [6.07, 6.45) is 5.25. The van der Waals surface area contributed by atoms with E-state index in [4.69, 9.17) is 4.74 Å². The number of hydrogen-bond donors (Lipinski definition) is 2. The maximum atomic E-state index is 12.3. The molecule has 0 saturated heterocycles. The second-order valence-corrected chi connectivity index (χ2v) is 9.69. The summed E-state index contributed by atoms with van der Waals surface area (Å²) in [7, 11) is 0. The average molecular weight is 537 g/mol. The number of carbonyl (C=O) groups is 2. The number of anilines is 1. The van der Waals surface area contributed by atoms with Gasteiger partial charge in [0.15, 0.2) is 0 Å². The topological polar surface area (TPSA) is 104 Å². The van der Waals surface area contributed by atoms with Gasteiger partial charge in [-0.15, -0.1) is 11.3 Å². The first-order valence-corrected chi connectivity index (χ1v) is 12.3. The Morgan fingerprint density at radius 1 is 1.15 bits per heavy atom. The minimum atomic E-state index is -0.909. The number of fused-ring (bicyclic) bond motifs is 1. The Morgan fingerprint density at radius 2 is 1.97 bits per heavy atom. The molecule has 1 aliphatic rings. The first-order chi connectivity index (χ1) is 16.5. The van der Waals surface area contributed by atoms with Crippen molar-refractivity contribution in [3.05, 3.63) is 80.1 Å². The Labute approximate surface area is 209 Å². The number of ether oxygens (including phenoxy) is 1. The van der Waals surface area contributed by atoms with E-state index >= 15 is 0 Å². The smallest absolute Gasteiger partial charge is 0.329 e. The number of hydrogen-bond acceptors (Lipinski definition) is 6. The normalized spacial score (nSPS) is 12.6. The molecule has 0 aliphatic heterocycles. The molecule has 0 saturated carbocycles. The highest BCUT2D eigenvalue weighted by Gasteiger charge is 2.23. The van der Waals surface area contributed by atoms with Gasteiger partial charge in [0, 0.05) is 9.35 Å². The van der Waals surface area contributed by atoms with Gasteiger partial charge in [0.25, 0.3) is 0 Å². The molecular weight excluding hydrogens is 516 g/mol. The summed E-state index contributed by atoms with van der Waals surface area (Å²) < 4.78 is 6.80. The minimum absolute atomic E-state index is 0.410. The van der Waals surface area contributed by atoms with Crippen LogP contribution >= 0.6 is 27.3 Å². The van der Waals surface area contributed by atoms with Gasteiger partial charge in [0.2, 0.25) is 0 Å². The summed E-state index contributed by atoms with van der Waals surface area (Å²) in [5.41, 5.74) is 5.41. The fourth-order valence-corrected chi connectivity index (χ4v) is 5.31. The van der Waals surface area contributed by atoms with E-state index in [9.17, 15) is 14.9 Å². The second-order valence-electron chi connectivity index (χ2n) is 7.67. The zero-order chi connectivity index (χ0) is 23.9. The zero-order valence-corrected chi connectivity index (χ0v) is 20.5. The standard InChI is InChI=1S/C25H21BrN4O3S/c26-18-7-3-6-17(11-18)15-33-19-8-4-5-16(12-19)14-28-30-24(32)23(31)29-25-21(13-27)20-9-1-2-10-22(20)34-25/h3-8,11-12,14H,1-2,9-10,15H2,(H,29,31)(H,30,32). The van der Waals surface area contributed by atoms with Gasteiger partial charge in [-0.1, -0.05) is 40.2 Å². The molecule has 0 spiro atoms. The molecule has 7 nitrogen and oxygen atoms in total. The summed E-state index contributed by atoms with van der Waals surface area (Å²) in [5, 5.41) is 16.3. The Kier molecular flexibility index (Phi) is 7.72. The van der Waals surface area contributed by atoms with Crippen LogP contribution < -0.4 is 15.5 Å². The fraction of sp³-hybridized carbons (Fsp3) is 0.200. The lowest BCUT2D eigenvalue weighted by atomic mass is 9.96. The number of hydrazone groups is 1. The van der Waals surface area contributed by atoms with Gasteiger partial charge in [-0.25, -0.2) is 5.43 Å². The van der Waals surface area contributed by atoms with Crippen LogP contribution in [-0.2, 0) is 29.0 Å². The van der Waals surface area contributed by atoms with Crippen LogP contribution in [-0.4, -0.2) is 18.0 Å². The lowest BCUT2D eigenvalue weighted by Crippen LogP contribution is -2.32. The molecule has 1 aromatic heterocycles. The van der Waals surface area contributed by atoms with E-state index in [1.54, 1.807) is 12.1 Å². The molecule has 0 atom stereocenters. The molecule has 2 aromatic carbocycles. The molecule has 2 N–H and O–H groups in total. The Bertz CT molecular complexity index is 1300. The lowest BCUT2D eigenvalue weighted by Gasteiger charge is -2.09. The van der Waals surface area contributed by atoms with Gasteiger partial charge in [0.1, 0.15) is 23.4 Å². The van der Waals surface area contributed by atoms with E-state index in [1.165, 1.54) is 17.6 Å². The highest BCUT2D eigenvalue weighted by molar-refractivity contribution is 9.10. The van der Waals surface area contributed by atoms with E-state index in [2.05, 4.69) is 37.8 Å². The third-order valence-electron chi connectivity index (χ3n) is 5.25. The summed E-state index contributed by atoms with van der Waals surface area (Å²) in [5.74, 6) is -1.12. The van der Waals surface area contributed by atoms with Crippen molar-refractivity contribution in [2.75, 3.05) is 5.32 Å². The third kappa shape index (κ3) is 5.90. The summed E-state index contributed by atoms with van der Waals surface area (Å²) in [6.45, 7) is 0.410. The van der Waals surface area contributed by atoms with Crippen LogP contribution in [0.1, 0.15) is 40.0 Å². The predicted molar refractivity (Wildman–Crippen MR) is 135 cm³/mol. The molecular formula is C25H21BrN4O3S. The number of amides is 2. The number of nitrogens with one attached hydrogen (secondary N) is 2. The van der Waals surface area contributed by atoms with Crippen LogP contribution in [0.3, 0.4) is 0 Å². The van der Waals surface area contributed by atoms with Crippen LogP contribution in [0, 0.1) is 11.3 Å². The number of halogens is 1. The first kappa shape index (κ1) is 23.7. The van der Waals surface area contributed by atoms with Crippen LogP contribution in [0.2, 0.25) is 0 Å². The molecule has 0 unspecified atom stereocenters. The second kappa shape index (κ2) is 11.1. The molecule has 3 aromatic rings. The lowest BCUT2D eigenvalue weighted by molar-refractivity contribution is -0.136. The zero-order valence-electron chi connectivity index (χ0n) is 18.1. The van der Waals surface area contributed by atoms with E-state index in [-0.39, 0.29) is 0 Å². The van der Waals surface area contributed by atoms with Crippen LogP contribution in [0.15, 0.2) is 58.1 Å². The van der Waals surface area contributed by atoms with Crippen LogP contribution in [0.5, 0.6) is 5.75 Å².